The molecule has 1 saturated heterocycles. The van der Waals surface area contributed by atoms with Crippen LogP contribution in [-0.2, 0) is 11.3 Å². The molecule has 6 nitrogen and oxygen atoms in total. The summed E-state index contributed by atoms with van der Waals surface area (Å²) in [5, 5.41) is 3.92. The van der Waals surface area contributed by atoms with Gasteiger partial charge in [-0.15, -0.1) is 0 Å². The molecule has 6 heteroatoms. The Morgan fingerprint density at radius 2 is 2.14 bits per heavy atom. The molecule has 1 atom stereocenters. The molecule has 0 bridgehead atoms. The highest BCUT2D eigenvalue weighted by atomic mass is 16.5. The van der Waals surface area contributed by atoms with Gasteiger partial charge >= 0.3 is 0 Å². The van der Waals surface area contributed by atoms with Crippen LogP contribution in [0.3, 0.4) is 0 Å². The van der Waals surface area contributed by atoms with Gasteiger partial charge in [0.2, 0.25) is 11.8 Å². The summed E-state index contributed by atoms with van der Waals surface area (Å²) in [5.41, 5.74) is 0. The van der Waals surface area contributed by atoms with Crippen LogP contribution in [0.25, 0.3) is 0 Å². The molecule has 2 aliphatic rings. The van der Waals surface area contributed by atoms with Crippen molar-refractivity contribution in [3.63, 3.8) is 0 Å². The summed E-state index contributed by atoms with van der Waals surface area (Å²) >= 11 is 0. The lowest BCUT2D eigenvalue weighted by Gasteiger charge is -2.27. The summed E-state index contributed by atoms with van der Waals surface area (Å²) in [6.45, 7) is 7.13. The number of carbonyl (C=O) groups is 1. The fourth-order valence-corrected chi connectivity index (χ4v) is 3.85. The molecule has 0 spiro atoms. The maximum atomic E-state index is 12.0. The van der Waals surface area contributed by atoms with E-state index < -0.39 is 0 Å². The van der Waals surface area contributed by atoms with Crippen LogP contribution in [0, 0.1) is 12.8 Å². The van der Waals surface area contributed by atoms with Crippen LogP contribution in [0.15, 0.2) is 4.52 Å². The van der Waals surface area contributed by atoms with E-state index in [1.54, 1.807) is 13.8 Å². The first-order valence-electron chi connectivity index (χ1n) is 8.40. The zero-order chi connectivity index (χ0) is 15.5. The average molecular weight is 306 g/mol. The minimum atomic E-state index is 0.0927. The number of aromatic nitrogens is 2. The van der Waals surface area contributed by atoms with Crippen molar-refractivity contribution in [3.8, 4) is 0 Å². The average Bonchev–Trinajstić information content (AvgIpc) is 3.19. The standard InChI is InChI=1S/C16H26N4O2/c1-12-17-16(18-22-12)11-20(13(2)21)15-7-8-19(10-15)9-14-5-3-4-6-14/h14-15H,3-11H2,1-2H3/t15-/m1/s1. The van der Waals surface area contributed by atoms with Crippen molar-refractivity contribution < 1.29 is 9.32 Å². The Labute approximate surface area is 131 Å². The predicted octanol–water partition coefficient (Wildman–Crippen LogP) is 1.99. The smallest absolute Gasteiger partial charge is 0.223 e. The Kier molecular flexibility index (Phi) is 4.76. The van der Waals surface area contributed by atoms with E-state index in [1.807, 2.05) is 4.90 Å². The molecule has 1 amide bonds. The number of hydrogen-bond donors (Lipinski definition) is 0. The number of aryl methyl sites for hydroxylation is 1. The number of carbonyl (C=O) groups excluding carboxylic acids is 1. The molecule has 1 saturated carbocycles. The first-order valence-corrected chi connectivity index (χ1v) is 8.40. The first-order chi connectivity index (χ1) is 10.6. The van der Waals surface area contributed by atoms with E-state index >= 15 is 0 Å². The number of likely N-dealkylation sites (tertiary alicyclic amines) is 1. The van der Waals surface area contributed by atoms with Gasteiger partial charge in [0, 0.05) is 39.5 Å². The zero-order valence-corrected chi connectivity index (χ0v) is 13.6. The summed E-state index contributed by atoms with van der Waals surface area (Å²) in [6, 6.07) is 0.276. The van der Waals surface area contributed by atoms with Gasteiger partial charge in [-0.05, 0) is 25.2 Å². The predicted molar refractivity (Wildman–Crippen MR) is 82.1 cm³/mol. The number of hydrogen-bond acceptors (Lipinski definition) is 5. The van der Waals surface area contributed by atoms with Crippen LogP contribution < -0.4 is 0 Å². The van der Waals surface area contributed by atoms with Crippen LogP contribution in [0.2, 0.25) is 0 Å². The zero-order valence-electron chi connectivity index (χ0n) is 13.6. The highest BCUT2D eigenvalue weighted by molar-refractivity contribution is 5.73. The maximum absolute atomic E-state index is 12.0. The van der Waals surface area contributed by atoms with Gasteiger partial charge in [0.15, 0.2) is 5.82 Å². The first kappa shape index (κ1) is 15.5. The minimum Gasteiger partial charge on any atom is -0.340 e. The molecule has 22 heavy (non-hydrogen) atoms. The Bertz CT molecular complexity index is 510. The lowest BCUT2D eigenvalue weighted by molar-refractivity contribution is -0.131. The molecule has 1 aliphatic heterocycles. The summed E-state index contributed by atoms with van der Waals surface area (Å²) < 4.78 is 5.01. The number of rotatable bonds is 5. The van der Waals surface area contributed by atoms with Crippen molar-refractivity contribution in [1.29, 1.82) is 0 Å². The number of amides is 1. The minimum absolute atomic E-state index is 0.0927. The summed E-state index contributed by atoms with van der Waals surface area (Å²) in [7, 11) is 0. The van der Waals surface area contributed by atoms with Gasteiger partial charge < -0.3 is 14.3 Å². The highest BCUT2D eigenvalue weighted by Gasteiger charge is 2.31. The van der Waals surface area contributed by atoms with Crippen LogP contribution in [0.4, 0.5) is 0 Å². The number of nitrogens with zero attached hydrogens (tertiary/aromatic N) is 4. The van der Waals surface area contributed by atoms with Crippen molar-refractivity contribution in [2.45, 2.75) is 58.5 Å². The van der Waals surface area contributed by atoms with E-state index in [0.29, 0.717) is 18.3 Å². The fraction of sp³-hybridized carbons (Fsp3) is 0.812. The topological polar surface area (TPSA) is 62.5 Å². The Morgan fingerprint density at radius 3 is 2.77 bits per heavy atom. The highest BCUT2D eigenvalue weighted by Crippen LogP contribution is 2.27. The van der Waals surface area contributed by atoms with Crippen LogP contribution >= 0.6 is 0 Å². The molecule has 0 unspecified atom stereocenters. The van der Waals surface area contributed by atoms with Crippen molar-refractivity contribution >= 4 is 5.91 Å². The summed E-state index contributed by atoms with van der Waals surface area (Å²) in [6.07, 6.45) is 6.57. The fourth-order valence-electron chi connectivity index (χ4n) is 3.85. The molecular formula is C16H26N4O2. The molecule has 1 aromatic heterocycles. The van der Waals surface area contributed by atoms with E-state index in [2.05, 4.69) is 15.0 Å². The molecule has 2 fully saturated rings. The van der Waals surface area contributed by atoms with E-state index in [0.717, 1.165) is 25.4 Å². The largest absolute Gasteiger partial charge is 0.340 e. The van der Waals surface area contributed by atoms with Crippen molar-refractivity contribution in [3.05, 3.63) is 11.7 Å². The molecule has 0 aromatic carbocycles. The molecule has 3 rings (SSSR count). The Hall–Kier alpha value is -1.43. The lowest BCUT2D eigenvalue weighted by Crippen LogP contribution is -2.41. The van der Waals surface area contributed by atoms with Crippen LogP contribution in [0.5, 0.6) is 0 Å². The quantitative estimate of drug-likeness (QED) is 0.832. The third-order valence-electron chi connectivity index (χ3n) is 4.97. The molecule has 0 N–H and O–H groups in total. The van der Waals surface area contributed by atoms with Gasteiger partial charge in [-0.25, -0.2) is 0 Å². The second-order valence-electron chi connectivity index (χ2n) is 6.73. The third kappa shape index (κ3) is 3.66. The molecule has 122 valence electrons. The molecule has 1 aromatic rings. The monoisotopic (exact) mass is 306 g/mol. The molecule has 2 heterocycles. The van der Waals surface area contributed by atoms with Gasteiger partial charge in [0.25, 0.3) is 0 Å². The van der Waals surface area contributed by atoms with Crippen LogP contribution in [-0.4, -0.2) is 51.5 Å². The second-order valence-corrected chi connectivity index (χ2v) is 6.73. The molecular weight excluding hydrogens is 280 g/mol. The van der Waals surface area contributed by atoms with Crippen molar-refractivity contribution in [2.24, 2.45) is 5.92 Å². The molecule has 0 radical (unpaired) electrons. The Morgan fingerprint density at radius 1 is 1.36 bits per heavy atom. The molecule has 1 aliphatic carbocycles. The summed E-state index contributed by atoms with van der Waals surface area (Å²) in [4.78, 5) is 20.7. The van der Waals surface area contributed by atoms with Gasteiger partial charge in [0.05, 0.1) is 6.54 Å². The Balaban J connectivity index is 1.57. The maximum Gasteiger partial charge on any atom is 0.223 e. The van der Waals surface area contributed by atoms with Gasteiger partial charge in [-0.2, -0.15) is 4.98 Å². The van der Waals surface area contributed by atoms with Crippen molar-refractivity contribution in [2.75, 3.05) is 19.6 Å². The van der Waals surface area contributed by atoms with Crippen molar-refractivity contribution in [1.82, 2.24) is 19.9 Å². The van der Waals surface area contributed by atoms with Crippen LogP contribution in [0.1, 0.15) is 50.7 Å². The van der Waals surface area contributed by atoms with Gasteiger partial charge in [-0.3, -0.25) is 4.79 Å². The van der Waals surface area contributed by atoms with Gasteiger partial charge in [0.1, 0.15) is 0 Å². The van der Waals surface area contributed by atoms with Gasteiger partial charge in [-0.1, -0.05) is 18.0 Å². The normalized spacial score (nSPS) is 23.3. The van der Waals surface area contributed by atoms with E-state index in [9.17, 15) is 4.79 Å². The van der Waals surface area contributed by atoms with E-state index in [-0.39, 0.29) is 11.9 Å². The van der Waals surface area contributed by atoms with E-state index in [1.165, 1.54) is 32.2 Å². The summed E-state index contributed by atoms with van der Waals surface area (Å²) in [5.74, 6) is 2.11. The third-order valence-corrected chi connectivity index (χ3v) is 4.97. The SMILES string of the molecule is CC(=O)N(Cc1noc(C)n1)[C@@H]1CCN(CC2CCCC2)C1. The van der Waals surface area contributed by atoms with E-state index in [4.69, 9.17) is 4.52 Å². The second kappa shape index (κ2) is 6.77. The lowest BCUT2D eigenvalue weighted by atomic mass is 10.1.